The summed E-state index contributed by atoms with van der Waals surface area (Å²) in [5.41, 5.74) is 5.59. The van der Waals surface area contributed by atoms with Crippen LogP contribution in [0.2, 0.25) is 0 Å². The Kier molecular flexibility index (Phi) is 31.0. The number of nitrogens with one attached hydrogen (secondary N) is 9. The zero-order valence-corrected chi connectivity index (χ0v) is 48.1. The Balaban J connectivity index is 1.86. The van der Waals surface area contributed by atoms with Gasteiger partial charge in [0.05, 0.1) is 49.9 Å². The number of nitrogens with zero attached hydrogens (tertiary/aromatic N) is 3. The summed E-state index contributed by atoms with van der Waals surface area (Å²) >= 11 is 0. The molecule has 2 aromatic heterocycles. The predicted octanol–water partition coefficient (Wildman–Crippen LogP) is -9.21. The third-order valence-electron chi connectivity index (χ3n) is 13.4. The highest BCUT2D eigenvalue weighted by Gasteiger charge is 2.35. The van der Waals surface area contributed by atoms with Crippen LogP contribution in [0.25, 0.3) is 11.2 Å². The Morgan fingerprint density at radius 3 is 1.41 bits per heavy atom. The van der Waals surface area contributed by atoms with Crippen molar-refractivity contribution in [3.63, 3.8) is 0 Å². The number of hydrogen-bond donors (Lipinski definition) is 23. The fourth-order valence-corrected chi connectivity index (χ4v) is 8.10. The summed E-state index contributed by atoms with van der Waals surface area (Å²) in [5, 5.41) is 146. The summed E-state index contributed by atoms with van der Waals surface area (Å²) in [7, 11) is 0. The molecule has 38 heteroatoms. The van der Waals surface area contributed by atoms with Crippen molar-refractivity contribution in [2.24, 2.45) is 0 Å². The van der Waals surface area contributed by atoms with Crippen LogP contribution in [0.3, 0.4) is 0 Å². The second-order valence-corrected chi connectivity index (χ2v) is 20.4. The lowest BCUT2D eigenvalue weighted by atomic mass is 10.0. The number of Topliss-reactive ketones (excluding diaryl/α,β-unsaturated/α-hetero) is 1. The number of anilines is 2. The highest BCUT2D eigenvalue weighted by molar-refractivity contribution is 5.98. The van der Waals surface area contributed by atoms with Gasteiger partial charge in [0.1, 0.15) is 60.8 Å². The number of aromatic amines is 1. The van der Waals surface area contributed by atoms with Crippen LogP contribution in [-0.4, -0.2) is 257 Å². The van der Waals surface area contributed by atoms with Gasteiger partial charge in [-0.2, -0.15) is 4.98 Å². The number of carboxylic acids is 3. The molecule has 0 saturated carbocycles. The second kappa shape index (κ2) is 37.1. The number of fused-ring (bicyclic) bond motifs is 1. The van der Waals surface area contributed by atoms with Gasteiger partial charge in [-0.25, -0.2) is 14.8 Å². The molecule has 0 bridgehead atoms. The molecule has 3 aromatic rings. The van der Waals surface area contributed by atoms with E-state index in [9.17, 15) is 114 Å². The number of carbonyl (C=O) groups is 11. The van der Waals surface area contributed by atoms with Crippen LogP contribution in [0.1, 0.15) is 87.2 Å². The highest BCUT2D eigenvalue weighted by Crippen LogP contribution is 2.15. The van der Waals surface area contributed by atoms with E-state index in [2.05, 4.69) is 62.5 Å². The number of carboxylic acid groups (broad SMARTS) is 3. The van der Waals surface area contributed by atoms with Gasteiger partial charge >= 0.3 is 17.9 Å². The van der Waals surface area contributed by atoms with E-state index in [1.165, 1.54) is 30.5 Å². The van der Waals surface area contributed by atoms with Crippen molar-refractivity contribution in [2.75, 3.05) is 37.4 Å². The van der Waals surface area contributed by atoms with Crippen LogP contribution < -0.4 is 53.8 Å². The summed E-state index contributed by atoms with van der Waals surface area (Å²) in [6.07, 6.45) is -21.9. The van der Waals surface area contributed by atoms with Gasteiger partial charge < -0.3 is 115 Å². The highest BCUT2D eigenvalue weighted by atomic mass is 16.4. The standard InChI is InChI=1S/C52H75N13O25/c1-22(68)26(9-14-38(76)77)60-48(86)28(7-12-36(74)56-19-32(70)42(81)44(83)34(72)21-67)61-49(87)29(10-15-39(78)79)62-47(85)27(6-11-35(73)55-18-31(69)41(80)43(82)33(71)20-66)59-37(75)13-8-30(51(89)90)63-46(84)23-2-4-24(5-3-23)54-16-25-17-57-45-40(58-25)50(88)65-52(53)64-45/h2-5,17,26-34,41-44,54,66-67,69-72,80-83H,6-16,18-21H2,1H3,(H,55,73)(H,56,74)(H,59,75)(H,60,86)(H,61,87)(H,62,85)(H,63,84)(H,76,77)(H,78,79)(H,89,90)(H3,53,57,64,65,88)/t26-,27-,28-,29-,30-,31-,32-,33+,34+,41+,42+,43+,44+/m0/s1. The number of aromatic nitrogens is 4. The van der Waals surface area contributed by atoms with Crippen molar-refractivity contribution >= 4 is 87.8 Å². The first-order valence-electron chi connectivity index (χ1n) is 27.6. The molecule has 3 rings (SSSR count). The molecule has 0 aliphatic rings. The average Bonchev–Trinajstić information content (AvgIpc) is 0.984. The lowest BCUT2D eigenvalue weighted by Gasteiger charge is -2.27. The number of ketones is 1. The predicted molar refractivity (Wildman–Crippen MR) is 303 cm³/mol. The van der Waals surface area contributed by atoms with E-state index in [-0.39, 0.29) is 29.2 Å². The topological polar surface area (TPSA) is 645 Å². The monoisotopic (exact) mass is 1280 g/mol. The van der Waals surface area contributed by atoms with Crippen molar-refractivity contribution in [3.8, 4) is 0 Å². The minimum atomic E-state index is -2.12. The Morgan fingerprint density at radius 2 is 0.956 bits per heavy atom. The maximum atomic E-state index is 14.2. The number of nitrogen functional groups attached to an aromatic ring is 1. The van der Waals surface area contributed by atoms with Crippen molar-refractivity contribution in [2.45, 2.75) is 157 Å². The number of H-pyrrole nitrogens is 1. The number of aliphatic hydroxyl groups excluding tert-OH is 10. The summed E-state index contributed by atoms with van der Waals surface area (Å²) < 4.78 is 0. The molecular formula is C52H75N13O25. The van der Waals surface area contributed by atoms with Crippen LogP contribution in [0.4, 0.5) is 11.6 Å². The summed E-state index contributed by atoms with van der Waals surface area (Å²) in [5.74, 6) is -13.4. The Hall–Kier alpha value is -8.99. The first-order valence-corrected chi connectivity index (χ1v) is 27.6. The van der Waals surface area contributed by atoms with E-state index in [1.54, 1.807) is 0 Å². The molecule has 90 heavy (non-hydrogen) atoms. The van der Waals surface area contributed by atoms with E-state index in [4.69, 9.17) is 15.9 Å². The molecule has 0 aliphatic heterocycles. The van der Waals surface area contributed by atoms with Crippen LogP contribution in [0.15, 0.2) is 35.3 Å². The van der Waals surface area contributed by atoms with E-state index < -0.39 is 240 Å². The fraction of sp³-hybridized carbons (Fsp3) is 0.558. The van der Waals surface area contributed by atoms with Gasteiger partial charge in [-0.05, 0) is 63.3 Å². The average molecular weight is 1280 g/mol. The normalized spacial score (nSPS) is 15.6. The van der Waals surface area contributed by atoms with Gasteiger partial charge in [0.2, 0.25) is 41.4 Å². The zero-order valence-electron chi connectivity index (χ0n) is 48.1. The molecule has 0 spiro atoms. The van der Waals surface area contributed by atoms with E-state index >= 15 is 0 Å². The van der Waals surface area contributed by atoms with Gasteiger partial charge in [0, 0.05) is 56.4 Å². The molecule has 38 nitrogen and oxygen atoms in total. The van der Waals surface area contributed by atoms with E-state index in [0.717, 1.165) is 6.92 Å². The lowest BCUT2D eigenvalue weighted by Crippen LogP contribution is -2.58. The quantitative estimate of drug-likeness (QED) is 0.0251. The maximum absolute atomic E-state index is 14.2. The van der Waals surface area contributed by atoms with Gasteiger partial charge in [-0.1, -0.05) is 0 Å². The molecule has 0 aliphatic carbocycles. The Labute approximate surface area is 509 Å². The van der Waals surface area contributed by atoms with Crippen molar-refractivity contribution in [1.82, 2.24) is 57.2 Å². The molecule has 498 valence electrons. The number of amides is 7. The molecule has 7 amide bonds. The van der Waals surface area contributed by atoms with Gasteiger partial charge in [0.15, 0.2) is 16.9 Å². The number of benzene rings is 1. The molecule has 1 aromatic carbocycles. The number of hydrogen-bond acceptors (Lipinski definition) is 27. The number of aliphatic carboxylic acids is 3. The molecule has 2 heterocycles. The van der Waals surface area contributed by atoms with Crippen LogP contribution >= 0.6 is 0 Å². The van der Waals surface area contributed by atoms with Crippen molar-refractivity contribution in [1.29, 1.82) is 0 Å². The summed E-state index contributed by atoms with van der Waals surface area (Å²) in [6, 6.07) is -3.51. The molecular weight excluding hydrogens is 1210 g/mol. The number of nitrogens with two attached hydrogens (primary N) is 1. The molecule has 0 saturated heterocycles. The summed E-state index contributed by atoms with van der Waals surface area (Å²) in [4.78, 5) is 170. The maximum Gasteiger partial charge on any atom is 0.326 e. The molecule has 0 radical (unpaired) electrons. The molecule has 0 fully saturated rings. The number of aliphatic hydroxyl groups is 10. The van der Waals surface area contributed by atoms with E-state index in [0.29, 0.717) is 11.4 Å². The zero-order chi connectivity index (χ0) is 67.5. The van der Waals surface area contributed by atoms with Crippen LogP contribution in [-0.2, 0) is 54.5 Å². The Bertz CT molecular complexity index is 3030. The third kappa shape index (κ3) is 25.2. The van der Waals surface area contributed by atoms with Gasteiger partial charge in [-0.3, -0.25) is 57.7 Å². The lowest BCUT2D eigenvalue weighted by molar-refractivity contribution is -0.140. The van der Waals surface area contributed by atoms with Crippen LogP contribution in [0.5, 0.6) is 0 Å². The first kappa shape index (κ1) is 75.3. The van der Waals surface area contributed by atoms with Crippen molar-refractivity contribution in [3.05, 3.63) is 52.1 Å². The number of rotatable bonds is 41. The molecule has 13 atom stereocenters. The SMILES string of the molecule is CC(=O)[C@H](CCC(=O)O)NC(=O)[C@H](CCC(=O)NC[C@H](O)[C@@H](O)[C@H](O)[C@H](O)CO)NC(=O)[C@H](CCC(=O)O)NC(=O)[C@H](CCC(=O)NC[C@H](O)[C@@H](O)[C@H](O)[C@H](O)CO)NC(=O)CC[C@H](NC(=O)c1ccc(NCc2cnc3nc(N)[nH]c(=O)c3n2)cc1)C(=O)O. The molecule has 24 N–H and O–H groups in total. The van der Waals surface area contributed by atoms with Crippen molar-refractivity contribution < 1.29 is 119 Å². The largest absolute Gasteiger partial charge is 0.481 e. The Morgan fingerprint density at radius 1 is 0.533 bits per heavy atom. The first-order chi connectivity index (χ1) is 42.3. The minimum absolute atomic E-state index is 0.0154. The van der Waals surface area contributed by atoms with Gasteiger partial charge in [0.25, 0.3) is 11.5 Å². The smallest absolute Gasteiger partial charge is 0.326 e. The van der Waals surface area contributed by atoms with Gasteiger partial charge in [-0.15, -0.1) is 0 Å². The van der Waals surface area contributed by atoms with E-state index in [1.807, 2.05) is 0 Å². The second-order valence-electron chi connectivity index (χ2n) is 20.4. The third-order valence-corrected chi connectivity index (χ3v) is 13.4. The fourth-order valence-electron chi connectivity index (χ4n) is 8.10. The van der Waals surface area contributed by atoms with Crippen LogP contribution in [0, 0.1) is 0 Å². The summed E-state index contributed by atoms with van der Waals surface area (Å²) in [6.45, 7) is -2.61. The minimum Gasteiger partial charge on any atom is -0.481 e. The number of carbonyl (C=O) groups excluding carboxylic acids is 8. The molecule has 0 unspecified atom stereocenters.